The predicted molar refractivity (Wildman–Crippen MR) is 47.6 cm³/mol. The van der Waals surface area contributed by atoms with Crippen LogP contribution in [0.3, 0.4) is 0 Å². The van der Waals surface area contributed by atoms with Crippen molar-refractivity contribution in [2.24, 2.45) is 0 Å². The Bertz CT molecular complexity index is 331. The van der Waals surface area contributed by atoms with Gasteiger partial charge in [0, 0.05) is 5.56 Å². The van der Waals surface area contributed by atoms with Gasteiger partial charge in [-0.3, -0.25) is 0 Å². The monoisotopic (exact) mass is 182 g/mol. The first kappa shape index (κ1) is 9.41. The van der Waals surface area contributed by atoms with E-state index in [1.165, 1.54) is 24.3 Å². The maximum absolute atomic E-state index is 9.26. The third-order valence-electron chi connectivity index (χ3n) is 1.56. The van der Waals surface area contributed by atoms with Gasteiger partial charge in [0.1, 0.15) is 0 Å². The quantitative estimate of drug-likeness (QED) is 0.510. The Morgan fingerprint density at radius 3 is 2.38 bits per heavy atom. The maximum atomic E-state index is 9.26. The van der Waals surface area contributed by atoms with Crippen LogP contribution in [0.2, 0.25) is 0 Å². The number of benzene rings is 1. The lowest BCUT2D eigenvalue weighted by molar-refractivity contribution is 0.343. The van der Waals surface area contributed by atoms with Crippen molar-refractivity contribution in [1.82, 2.24) is 0 Å². The zero-order chi connectivity index (χ0) is 9.84. The highest BCUT2D eigenvalue weighted by atomic mass is 16.3. The molecular weight excluding hydrogens is 172 g/mol. The molecule has 0 fully saturated rings. The molecule has 0 atom stereocenters. The number of phenolic OH excluding ortho intramolecular Hbond substituents is 3. The third kappa shape index (κ3) is 1.91. The van der Waals surface area contributed by atoms with Gasteiger partial charge in [-0.25, -0.2) is 0 Å². The fraction of sp³-hybridized carbons (Fsp3) is 0.111. The van der Waals surface area contributed by atoms with Crippen LogP contribution in [0.1, 0.15) is 5.56 Å². The highest BCUT2D eigenvalue weighted by Gasteiger charge is 2.07. The number of hydrogen-bond acceptors (Lipinski definition) is 4. The van der Waals surface area contributed by atoms with Crippen molar-refractivity contribution >= 4 is 6.08 Å². The third-order valence-corrected chi connectivity index (χ3v) is 1.56. The summed E-state index contributed by atoms with van der Waals surface area (Å²) in [7, 11) is 0. The van der Waals surface area contributed by atoms with Crippen molar-refractivity contribution in [3.05, 3.63) is 23.8 Å². The Morgan fingerprint density at radius 1 is 1.08 bits per heavy atom. The lowest BCUT2D eigenvalue weighted by Gasteiger charge is -2.03. The second-order valence-electron chi connectivity index (χ2n) is 2.46. The highest BCUT2D eigenvalue weighted by molar-refractivity contribution is 5.64. The second-order valence-corrected chi connectivity index (χ2v) is 2.46. The van der Waals surface area contributed by atoms with Crippen LogP contribution in [0.25, 0.3) is 6.08 Å². The lowest BCUT2D eigenvalue weighted by Crippen LogP contribution is -1.78. The summed E-state index contributed by atoms with van der Waals surface area (Å²) in [4.78, 5) is 0. The van der Waals surface area contributed by atoms with Crippen molar-refractivity contribution in [2.75, 3.05) is 6.61 Å². The summed E-state index contributed by atoms with van der Waals surface area (Å²) in [5.74, 6) is -1.33. The van der Waals surface area contributed by atoms with E-state index in [2.05, 4.69) is 0 Å². The van der Waals surface area contributed by atoms with Gasteiger partial charge >= 0.3 is 0 Å². The van der Waals surface area contributed by atoms with E-state index in [0.717, 1.165) is 0 Å². The van der Waals surface area contributed by atoms with Crippen LogP contribution in [0.15, 0.2) is 18.2 Å². The standard InChI is InChI=1S/C9H10O4/c10-5-1-2-6-3-4-7(11)9(13)8(6)12/h1-4,10-13H,5H2. The van der Waals surface area contributed by atoms with Gasteiger partial charge in [0.15, 0.2) is 11.5 Å². The molecule has 0 amide bonds. The van der Waals surface area contributed by atoms with Crippen molar-refractivity contribution in [1.29, 1.82) is 0 Å². The van der Waals surface area contributed by atoms with Crippen molar-refractivity contribution in [3.63, 3.8) is 0 Å². The molecule has 0 aliphatic rings. The molecule has 0 spiro atoms. The fourth-order valence-electron chi connectivity index (χ4n) is 0.899. The van der Waals surface area contributed by atoms with Crippen LogP contribution in [0.4, 0.5) is 0 Å². The minimum atomic E-state index is -0.555. The van der Waals surface area contributed by atoms with Gasteiger partial charge in [0.2, 0.25) is 5.75 Å². The Labute approximate surface area is 75.0 Å². The molecule has 1 aromatic rings. The molecule has 0 bridgehead atoms. The molecule has 0 aliphatic heterocycles. The van der Waals surface area contributed by atoms with E-state index in [9.17, 15) is 5.11 Å². The molecule has 70 valence electrons. The summed E-state index contributed by atoms with van der Waals surface area (Å²) in [6.45, 7) is -0.152. The van der Waals surface area contributed by atoms with Crippen LogP contribution >= 0.6 is 0 Å². The smallest absolute Gasteiger partial charge is 0.200 e. The Morgan fingerprint density at radius 2 is 1.77 bits per heavy atom. The summed E-state index contributed by atoms with van der Waals surface area (Å²) in [5.41, 5.74) is 0.337. The van der Waals surface area contributed by atoms with E-state index in [-0.39, 0.29) is 12.4 Å². The zero-order valence-corrected chi connectivity index (χ0v) is 6.81. The SMILES string of the molecule is OCC=Cc1ccc(O)c(O)c1O. The van der Waals surface area contributed by atoms with Gasteiger partial charge in [-0.2, -0.15) is 0 Å². The number of aliphatic hydroxyl groups is 1. The average molecular weight is 182 g/mol. The number of aromatic hydroxyl groups is 3. The average Bonchev–Trinajstić information content (AvgIpc) is 2.13. The van der Waals surface area contributed by atoms with Crippen LogP contribution in [-0.4, -0.2) is 27.0 Å². The summed E-state index contributed by atoms with van der Waals surface area (Å²) in [5, 5.41) is 35.8. The van der Waals surface area contributed by atoms with E-state index in [1.807, 2.05) is 0 Å². The number of phenols is 3. The predicted octanol–water partition coefficient (Wildman–Crippen LogP) is 0.809. The topological polar surface area (TPSA) is 80.9 Å². The van der Waals surface area contributed by atoms with E-state index in [0.29, 0.717) is 5.56 Å². The zero-order valence-electron chi connectivity index (χ0n) is 6.81. The number of aliphatic hydroxyl groups excluding tert-OH is 1. The van der Waals surface area contributed by atoms with Crippen LogP contribution in [0, 0.1) is 0 Å². The molecule has 4 nitrogen and oxygen atoms in total. The maximum Gasteiger partial charge on any atom is 0.200 e. The first-order valence-electron chi connectivity index (χ1n) is 3.68. The number of rotatable bonds is 2. The molecule has 0 saturated heterocycles. The molecule has 0 saturated carbocycles. The molecule has 1 rings (SSSR count). The first-order valence-corrected chi connectivity index (χ1v) is 3.68. The normalized spacial score (nSPS) is 10.8. The number of hydrogen-bond donors (Lipinski definition) is 4. The second kappa shape index (κ2) is 3.82. The van der Waals surface area contributed by atoms with Crippen LogP contribution in [-0.2, 0) is 0 Å². The molecule has 1 aromatic carbocycles. The summed E-state index contributed by atoms with van der Waals surface area (Å²) >= 11 is 0. The molecule has 0 aliphatic carbocycles. The van der Waals surface area contributed by atoms with E-state index in [4.69, 9.17) is 15.3 Å². The van der Waals surface area contributed by atoms with E-state index < -0.39 is 11.5 Å². The Hall–Kier alpha value is -1.68. The van der Waals surface area contributed by atoms with Crippen LogP contribution < -0.4 is 0 Å². The molecule has 0 unspecified atom stereocenters. The van der Waals surface area contributed by atoms with Crippen molar-refractivity contribution in [2.45, 2.75) is 0 Å². The molecule has 13 heavy (non-hydrogen) atoms. The largest absolute Gasteiger partial charge is 0.504 e. The molecule has 0 aromatic heterocycles. The van der Waals surface area contributed by atoms with Gasteiger partial charge in [-0.05, 0) is 12.1 Å². The fourth-order valence-corrected chi connectivity index (χ4v) is 0.899. The minimum Gasteiger partial charge on any atom is -0.504 e. The first-order chi connectivity index (χ1) is 6.16. The summed E-state index contributed by atoms with van der Waals surface area (Å²) in [6, 6.07) is 2.68. The molecule has 0 radical (unpaired) electrons. The Kier molecular flexibility index (Phi) is 2.76. The highest BCUT2D eigenvalue weighted by Crippen LogP contribution is 2.37. The Balaban J connectivity index is 3.11. The van der Waals surface area contributed by atoms with Gasteiger partial charge in [-0.1, -0.05) is 12.2 Å². The van der Waals surface area contributed by atoms with Gasteiger partial charge in [-0.15, -0.1) is 0 Å². The van der Waals surface area contributed by atoms with E-state index >= 15 is 0 Å². The van der Waals surface area contributed by atoms with Gasteiger partial charge in [0.25, 0.3) is 0 Å². The van der Waals surface area contributed by atoms with E-state index in [1.54, 1.807) is 0 Å². The summed E-state index contributed by atoms with van der Waals surface area (Å²) in [6.07, 6.45) is 2.85. The summed E-state index contributed by atoms with van der Waals surface area (Å²) < 4.78 is 0. The van der Waals surface area contributed by atoms with Crippen molar-refractivity contribution < 1.29 is 20.4 Å². The molecule has 0 heterocycles. The van der Waals surface area contributed by atoms with Gasteiger partial charge < -0.3 is 20.4 Å². The molecule has 4 N–H and O–H groups in total. The van der Waals surface area contributed by atoms with Gasteiger partial charge in [0.05, 0.1) is 6.61 Å². The molecular formula is C9H10O4. The van der Waals surface area contributed by atoms with Crippen molar-refractivity contribution in [3.8, 4) is 17.2 Å². The van der Waals surface area contributed by atoms with Crippen LogP contribution in [0.5, 0.6) is 17.2 Å². The lowest BCUT2D eigenvalue weighted by atomic mass is 10.1. The molecule has 4 heteroatoms. The minimum absolute atomic E-state index is 0.152.